The topological polar surface area (TPSA) is 90.3 Å². The highest BCUT2D eigenvalue weighted by molar-refractivity contribution is 9.10. The Kier molecular flexibility index (Phi) is 5.57. The molecule has 3 aromatic rings. The molecule has 1 aliphatic rings. The number of benzene rings is 2. The molecule has 0 unspecified atom stereocenters. The van der Waals surface area contributed by atoms with E-state index in [9.17, 15) is 10.1 Å². The summed E-state index contributed by atoms with van der Waals surface area (Å²) in [5.74, 6) is 0.185. The Morgan fingerprint density at radius 1 is 1.23 bits per heavy atom. The lowest BCUT2D eigenvalue weighted by atomic mass is 9.83. The molecule has 4 rings (SSSR count). The standard InChI is InChI=1S/C24H20BrN3O3/c1-14-10-20-22(24(29)28(14)13-15-6-4-3-5-7-15)21(18(12-26)23(27)31-20)17-11-16(25)8-9-19(17)30-2/h3-11,21H,13,27H2,1-2H3/t21-/m0/s1. The van der Waals surface area contributed by atoms with Crippen LogP contribution in [0, 0.1) is 18.3 Å². The Morgan fingerprint density at radius 3 is 2.65 bits per heavy atom. The van der Waals surface area contributed by atoms with Crippen LogP contribution >= 0.6 is 15.9 Å². The molecule has 0 saturated heterocycles. The van der Waals surface area contributed by atoms with E-state index in [-0.39, 0.29) is 17.0 Å². The van der Waals surface area contributed by atoms with Crippen molar-refractivity contribution in [2.45, 2.75) is 19.4 Å². The number of methoxy groups -OCH3 is 1. The third-order valence-electron chi connectivity index (χ3n) is 5.38. The zero-order chi connectivity index (χ0) is 22.1. The first-order chi connectivity index (χ1) is 14.9. The van der Waals surface area contributed by atoms with Crippen LogP contribution in [-0.2, 0) is 6.54 Å². The lowest BCUT2D eigenvalue weighted by molar-refractivity contribution is 0.382. The number of nitrogens with zero attached hydrogens (tertiary/aromatic N) is 2. The average Bonchev–Trinajstić information content (AvgIpc) is 2.76. The van der Waals surface area contributed by atoms with Gasteiger partial charge in [0.1, 0.15) is 23.1 Å². The summed E-state index contributed by atoms with van der Waals surface area (Å²) in [7, 11) is 1.55. The van der Waals surface area contributed by atoms with Crippen molar-refractivity contribution in [2.75, 3.05) is 7.11 Å². The summed E-state index contributed by atoms with van der Waals surface area (Å²) in [5.41, 5.74) is 8.80. The Hall–Kier alpha value is -3.50. The molecule has 7 heteroatoms. The van der Waals surface area contributed by atoms with Gasteiger partial charge >= 0.3 is 0 Å². The minimum absolute atomic E-state index is 0.0124. The molecule has 0 saturated carbocycles. The summed E-state index contributed by atoms with van der Waals surface area (Å²) in [4.78, 5) is 13.7. The largest absolute Gasteiger partial charge is 0.496 e. The molecular weight excluding hydrogens is 458 g/mol. The number of nitrogens with two attached hydrogens (primary N) is 1. The smallest absolute Gasteiger partial charge is 0.259 e. The van der Waals surface area contributed by atoms with Crippen LogP contribution in [0.2, 0.25) is 0 Å². The van der Waals surface area contributed by atoms with Crippen molar-refractivity contribution in [2.24, 2.45) is 5.73 Å². The summed E-state index contributed by atoms with van der Waals surface area (Å²) in [6.07, 6.45) is 0. The quantitative estimate of drug-likeness (QED) is 0.607. The number of rotatable bonds is 4. The lowest BCUT2D eigenvalue weighted by Crippen LogP contribution is -2.33. The summed E-state index contributed by atoms with van der Waals surface area (Å²) >= 11 is 3.48. The molecule has 1 aromatic heterocycles. The van der Waals surface area contributed by atoms with E-state index in [4.69, 9.17) is 15.2 Å². The number of hydrogen-bond acceptors (Lipinski definition) is 5. The SMILES string of the molecule is COc1ccc(Br)cc1[C@H]1C(C#N)=C(N)Oc2cc(C)n(Cc3ccccc3)c(=O)c21. The van der Waals surface area contributed by atoms with Crippen LogP contribution in [0.5, 0.6) is 11.5 Å². The van der Waals surface area contributed by atoms with Crippen LogP contribution in [0.25, 0.3) is 0 Å². The zero-order valence-corrected chi connectivity index (χ0v) is 18.6. The van der Waals surface area contributed by atoms with E-state index < -0.39 is 5.92 Å². The first-order valence-electron chi connectivity index (χ1n) is 9.64. The maximum atomic E-state index is 13.7. The number of allylic oxidation sites excluding steroid dienone is 1. The van der Waals surface area contributed by atoms with Gasteiger partial charge in [0.15, 0.2) is 0 Å². The number of pyridine rings is 1. The minimum atomic E-state index is -0.712. The molecular formula is C24H20BrN3O3. The molecule has 0 aliphatic carbocycles. The normalized spacial score (nSPS) is 15.1. The summed E-state index contributed by atoms with van der Waals surface area (Å²) in [6, 6.07) is 19.1. The molecule has 156 valence electrons. The van der Waals surface area contributed by atoms with Crippen LogP contribution in [0.3, 0.4) is 0 Å². The summed E-state index contributed by atoms with van der Waals surface area (Å²) < 4.78 is 13.8. The molecule has 0 amide bonds. The van der Waals surface area contributed by atoms with Crippen LogP contribution in [0.1, 0.15) is 28.3 Å². The van der Waals surface area contributed by atoms with Crippen molar-refractivity contribution in [3.05, 3.63) is 103 Å². The first kappa shape index (κ1) is 20.8. The molecule has 0 fully saturated rings. The van der Waals surface area contributed by atoms with Crippen molar-refractivity contribution in [1.29, 1.82) is 5.26 Å². The monoisotopic (exact) mass is 477 g/mol. The second kappa shape index (κ2) is 8.32. The van der Waals surface area contributed by atoms with Crippen LogP contribution in [0.4, 0.5) is 0 Å². The minimum Gasteiger partial charge on any atom is -0.496 e. The molecule has 2 heterocycles. The Bertz CT molecular complexity index is 1290. The van der Waals surface area contributed by atoms with E-state index in [0.717, 1.165) is 15.7 Å². The van der Waals surface area contributed by atoms with E-state index in [1.165, 1.54) is 0 Å². The van der Waals surface area contributed by atoms with E-state index >= 15 is 0 Å². The van der Waals surface area contributed by atoms with Gasteiger partial charge in [0.25, 0.3) is 5.56 Å². The Labute approximate surface area is 188 Å². The van der Waals surface area contributed by atoms with Crippen molar-refractivity contribution < 1.29 is 9.47 Å². The predicted molar refractivity (Wildman–Crippen MR) is 121 cm³/mol. The Balaban J connectivity index is 1.98. The fraction of sp³-hybridized carbons (Fsp3) is 0.167. The fourth-order valence-electron chi connectivity index (χ4n) is 3.89. The third-order valence-corrected chi connectivity index (χ3v) is 5.87. The fourth-order valence-corrected chi connectivity index (χ4v) is 4.27. The van der Waals surface area contributed by atoms with Gasteiger partial charge in [-0.25, -0.2) is 0 Å². The summed E-state index contributed by atoms with van der Waals surface area (Å²) in [6.45, 7) is 2.25. The third kappa shape index (κ3) is 3.71. The average molecular weight is 478 g/mol. The number of aryl methyl sites for hydroxylation is 1. The molecule has 1 atom stereocenters. The number of nitriles is 1. The first-order valence-corrected chi connectivity index (χ1v) is 10.4. The highest BCUT2D eigenvalue weighted by Gasteiger charge is 2.36. The van der Waals surface area contributed by atoms with Gasteiger partial charge in [-0.1, -0.05) is 46.3 Å². The van der Waals surface area contributed by atoms with E-state index in [2.05, 4.69) is 22.0 Å². The van der Waals surface area contributed by atoms with Gasteiger partial charge in [0, 0.05) is 21.8 Å². The van der Waals surface area contributed by atoms with E-state index in [1.807, 2.05) is 49.4 Å². The molecule has 2 aromatic carbocycles. The molecule has 31 heavy (non-hydrogen) atoms. The van der Waals surface area contributed by atoms with Gasteiger partial charge in [0.05, 0.1) is 25.1 Å². The molecule has 2 N–H and O–H groups in total. The van der Waals surface area contributed by atoms with Crippen LogP contribution < -0.4 is 20.8 Å². The van der Waals surface area contributed by atoms with Crippen molar-refractivity contribution in [3.8, 4) is 17.6 Å². The van der Waals surface area contributed by atoms with Crippen LogP contribution in [0.15, 0.2) is 75.3 Å². The predicted octanol–water partition coefficient (Wildman–Crippen LogP) is 4.19. The number of aromatic nitrogens is 1. The van der Waals surface area contributed by atoms with E-state index in [1.54, 1.807) is 23.8 Å². The highest BCUT2D eigenvalue weighted by Crippen LogP contribution is 2.44. The number of halogens is 1. The van der Waals surface area contributed by atoms with Gasteiger partial charge in [-0.3, -0.25) is 4.79 Å². The molecule has 1 aliphatic heterocycles. The number of ether oxygens (including phenoxy) is 2. The number of fused-ring (bicyclic) bond motifs is 1. The molecule has 0 bridgehead atoms. The number of hydrogen-bond donors (Lipinski definition) is 1. The van der Waals surface area contributed by atoms with Gasteiger partial charge in [-0.2, -0.15) is 5.26 Å². The van der Waals surface area contributed by atoms with Crippen LogP contribution in [-0.4, -0.2) is 11.7 Å². The van der Waals surface area contributed by atoms with Gasteiger partial charge in [-0.15, -0.1) is 0 Å². The Morgan fingerprint density at radius 2 is 1.97 bits per heavy atom. The van der Waals surface area contributed by atoms with Gasteiger partial charge in [-0.05, 0) is 30.7 Å². The van der Waals surface area contributed by atoms with Crippen molar-refractivity contribution >= 4 is 15.9 Å². The second-order valence-electron chi connectivity index (χ2n) is 7.25. The molecule has 0 radical (unpaired) electrons. The van der Waals surface area contributed by atoms with Gasteiger partial charge < -0.3 is 19.8 Å². The van der Waals surface area contributed by atoms with Crippen molar-refractivity contribution in [3.63, 3.8) is 0 Å². The molecule has 0 spiro atoms. The molecule has 6 nitrogen and oxygen atoms in total. The maximum absolute atomic E-state index is 13.7. The highest BCUT2D eigenvalue weighted by atomic mass is 79.9. The van der Waals surface area contributed by atoms with E-state index in [0.29, 0.717) is 29.2 Å². The lowest BCUT2D eigenvalue weighted by Gasteiger charge is -2.28. The van der Waals surface area contributed by atoms with Gasteiger partial charge in [0.2, 0.25) is 5.88 Å². The summed E-state index contributed by atoms with van der Waals surface area (Å²) in [5, 5.41) is 9.87. The maximum Gasteiger partial charge on any atom is 0.259 e. The van der Waals surface area contributed by atoms with Crippen molar-refractivity contribution in [1.82, 2.24) is 4.57 Å². The zero-order valence-electron chi connectivity index (χ0n) is 17.1. The second-order valence-corrected chi connectivity index (χ2v) is 8.17.